The van der Waals surface area contributed by atoms with Gasteiger partial charge in [0.1, 0.15) is 0 Å². The molecule has 0 aliphatic heterocycles. The van der Waals surface area contributed by atoms with Crippen molar-refractivity contribution >= 4 is 29.3 Å². The summed E-state index contributed by atoms with van der Waals surface area (Å²) in [5, 5.41) is 4.53. The molecule has 0 unspecified atom stereocenters. The van der Waals surface area contributed by atoms with Crippen LogP contribution in [0.2, 0.25) is 10.0 Å². The second-order valence-electron chi connectivity index (χ2n) is 3.23. The molecule has 0 fully saturated rings. The summed E-state index contributed by atoms with van der Waals surface area (Å²) < 4.78 is 4.92. The first-order valence-electron chi connectivity index (χ1n) is 5.06. The van der Waals surface area contributed by atoms with Gasteiger partial charge in [0.05, 0.1) is 6.61 Å². The van der Waals surface area contributed by atoms with E-state index in [0.717, 1.165) is 18.7 Å². The number of hydrogen-bond acceptors (Lipinski definition) is 2. The Morgan fingerprint density at radius 3 is 2.62 bits per heavy atom. The molecule has 0 aliphatic rings. The van der Waals surface area contributed by atoms with Crippen LogP contribution in [0.4, 0.5) is 0 Å². The van der Waals surface area contributed by atoms with Crippen molar-refractivity contribution in [2.45, 2.75) is 0 Å². The van der Waals surface area contributed by atoms with E-state index in [-0.39, 0.29) is 0 Å². The number of methoxy groups -OCH3 is 1. The van der Waals surface area contributed by atoms with Gasteiger partial charge in [-0.25, -0.2) is 0 Å². The topological polar surface area (TPSA) is 21.3 Å². The third-order valence-electron chi connectivity index (χ3n) is 2.03. The molecule has 88 valence electrons. The highest BCUT2D eigenvalue weighted by Crippen LogP contribution is 2.25. The molecule has 0 atom stereocenters. The van der Waals surface area contributed by atoms with Crippen LogP contribution in [0.15, 0.2) is 24.3 Å². The molecule has 0 radical (unpaired) electrons. The minimum Gasteiger partial charge on any atom is -0.383 e. The normalized spacial score (nSPS) is 11.2. The number of benzene rings is 1. The molecule has 1 aromatic rings. The molecule has 1 rings (SSSR count). The van der Waals surface area contributed by atoms with Gasteiger partial charge in [-0.3, -0.25) is 0 Å². The van der Waals surface area contributed by atoms with Gasteiger partial charge in [0.2, 0.25) is 0 Å². The molecule has 0 heterocycles. The second-order valence-corrected chi connectivity index (χ2v) is 4.05. The lowest BCUT2D eigenvalue weighted by Crippen LogP contribution is -2.18. The lowest BCUT2D eigenvalue weighted by atomic mass is 10.2. The van der Waals surface area contributed by atoms with Crippen LogP contribution >= 0.6 is 23.2 Å². The summed E-state index contributed by atoms with van der Waals surface area (Å²) in [5.41, 5.74) is 0.861. The van der Waals surface area contributed by atoms with Gasteiger partial charge in [-0.05, 0) is 12.1 Å². The zero-order valence-electron chi connectivity index (χ0n) is 9.17. The van der Waals surface area contributed by atoms with Gasteiger partial charge >= 0.3 is 0 Å². The molecular weight excluding hydrogens is 245 g/mol. The lowest BCUT2D eigenvalue weighted by molar-refractivity contribution is 0.200. The van der Waals surface area contributed by atoms with Crippen LogP contribution < -0.4 is 5.32 Å². The minimum absolute atomic E-state index is 0.667. The number of hydrogen-bond donors (Lipinski definition) is 1. The van der Waals surface area contributed by atoms with Crippen molar-refractivity contribution < 1.29 is 4.74 Å². The molecule has 1 N–H and O–H groups in total. The monoisotopic (exact) mass is 259 g/mol. The van der Waals surface area contributed by atoms with Gasteiger partial charge in [0.25, 0.3) is 0 Å². The largest absolute Gasteiger partial charge is 0.383 e. The van der Waals surface area contributed by atoms with Gasteiger partial charge in [0, 0.05) is 35.8 Å². The van der Waals surface area contributed by atoms with Crippen LogP contribution in [0.3, 0.4) is 0 Å². The first-order valence-corrected chi connectivity index (χ1v) is 5.81. The van der Waals surface area contributed by atoms with Gasteiger partial charge < -0.3 is 10.1 Å². The number of halogens is 2. The molecular formula is C12H15Cl2NO. The zero-order valence-corrected chi connectivity index (χ0v) is 10.7. The molecule has 0 amide bonds. The number of nitrogens with one attached hydrogen (secondary N) is 1. The fourth-order valence-electron chi connectivity index (χ4n) is 1.21. The summed E-state index contributed by atoms with van der Waals surface area (Å²) in [5.74, 6) is 0. The predicted octanol–water partition coefficient (Wildman–Crippen LogP) is 3.24. The number of ether oxygens (including phenoxy) is 1. The molecule has 0 saturated heterocycles. The van der Waals surface area contributed by atoms with Crippen molar-refractivity contribution in [2.24, 2.45) is 0 Å². The quantitative estimate of drug-likeness (QED) is 0.793. The van der Waals surface area contributed by atoms with Crippen LogP contribution in [-0.4, -0.2) is 26.8 Å². The van der Waals surface area contributed by atoms with E-state index in [1.54, 1.807) is 7.11 Å². The van der Waals surface area contributed by atoms with E-state index in [4.69, 9.17) is 27.9 Å². The first kappa shape index (κ1) is 13.5. The van der Waals surface area contributed by atoms with Crippen molar-refractivity contribution in [3.63, 3.8) is 0 Å². The molecule has 16 heavy (non-hydrogen) atoms. The maximum atomic E-state index is 6.02. The summed E-state index contributed by atoms with van der Waals surface area (Å²) in [6, 6.07) is 5.48. The Hall–Kier alpha value is -0.540. The maximum absolute atomic E-state index is 6.02. The smallest absolute Gasteiger partial charge is 0.0587 e. The molecule has 0 spiro atoms. The third-order valence-corrected chi connectivity index (χ3v) is 2.69. The Labute approximate surface area is 106 Å². The summed E-state index contributed by atoms with van der Waals surface area (Å²) in [7, 11) is 1.68. The van der Waals surface area contributed by atoms with E-state index in [9.17, 15) is 0 Å². The molecule has 0 bridgehead atoms. The Morgan fingerprint density at radius 2 is 2.00 bits per heavy atom. The summed E-state index contributed by atoms with van der Waals surface area (Å²) >= 11 is 12.0. The SMILES string of the molecule is COCCNCC=Cc1c(Cl)cccc1Cl. The Balaban J connectivity index is 2.44. The Bertz CT molecular complexity index is 333. The van der Waals surface area contributed by atoms with Crippen molar-refractivity contribution in [1.82, 2.24) is 5.32 Å². The lowest BCUT2D eigenvalue weighted by Gasteiger charge is -2.02. The molecule has 1 aromatic carbocycles. The average molecular weight is 260 g/mol. The standard InChI is InChI=1S/C12H15Cl2NO/c1-16-9-8-15-7-3-4-10-11(13)5-2-6-12(10)14/h2-6,15H,7-9H2,1H3. The molecule has 0 aliphatic carbocycles. The zero-order chi connectivity index (χ0) is 11.8. The van der Waals surface area contributed by atoms with Crippen LogP contribution in [0.25, 0.3) is 6.08 Å². The summed E-state index contributed by atoms with van der Waals surface area (Å²) in [6.07, 6.45) is 3.91. The van der Waals surface area contributed by atoms with E-state index in [1.807, 2.05) is 30.4 Å². The predicted molar refractivity (Wildman–Crippen MR) is 70.2 cm³/mol. The highest BCUT2D eigenvalue weighted by atomic mass is 35.5. The van der Waals surface area contributed by atoms with E-state index in [0.29, 0.717) is 16.7 Å². The van der Waals surface area contributed by atoms with E-state index in [2.05, 4.69) is 5.32 Å². The van der Waals surface area contributed by atoms with Crippen molar-refractivity contribution in [2.75, 3.05) is 26.8 Å². The third kappa shape index (κ3) is 4.54. The van der Waals surface area contributed by atoms with Crippen LogP contribution in [0.1, 0.15) is 5.56 Å². The fourth-order valence-corrected chi connectivity index (χ4v) is 1.73. The highest BCUT2D eigenvalue weighted by Gasteiger charge is 2.00. The van der Waals surface area contributed by atoms with Crippen LogP contribution in [-0.2, 0) is 4.74 Å². The Kier molecular flexibility index (Phi) is 6.50. The highest BCUT2D eigenvalue weighted by molar-refractivity contribution is 6.37. The average Bonchev–Trinajstić information content (AvgIpc) is 2.26. The fraction of sp³-hybridized carbons (Fsp3) is 0.333. The molecule has 2 nitrogen and oxygen atoms in total. The van der Waals surface area contributed by atoms with Crippen molar-refractivity contribution in [3.05, 3.63) is 39.9 Å². The van der Waals surface area contributed by atoms with E-state index < -0.39 is 0 Å². The van der Waals surface area contributed by atoms with Crippen molar-refractivity contribution in [3.8, 4) is 0 Å². The molecule has 4 heteroatoms. The number of rotatable bonds is 6. The van der Waals surface area contributed by atoms with Gasteiger partial charge in [0.15, 0.2) is 0 Å². The molecule has 0 aromatic heterocycles. The van der Waals surface area contributed by atoms with Crippen LogP contribution in [0, 0.1) is 0 Å². The van der Waals surface area contributed by atoms with Gasteiger partial charge in [-0.2, -0.15) is 0 Å². The molecule has 0 saturated carbocycles. The van der Waals surface area contributed by atoms with Gasteiger partial charge in [-0.1, -0.05) is 41.4 Å². The maximum Gasteiger partial charge on any atom is 0.0587 e. The van der Waals surface area contributed by atoms with Crippen LogP contribution in [0.5, 0.6) is 0 Å². The summed E-state index contributed by atoms with van der Waals surface area (Å²) in [4.78, 5) is 0. The first-order chi connectivity index (χ1) is 7.75. The second kappa shape index (κ2) is 7.69. The Morgan fingerprint density at radius 1 is 1.31 bits per heavy atom. The summed E-state index contributed by atoms with van der Waals surface area (Å²) in [6.45, 7) is 2.31. The van der Waals surface area contributed by atoms with Gasteiger partial charge in [-0.15, -0.1) is 0 Å². The van der Waals surface area contributed by atoms with E-state index >= 15 is 0 Å². The minimum atomic E-state index is 0.667. The van der Waals surface area contributed by atoms with E-state index in [1.165, 1.54) is 0 Å². The van der Waals surface area contributed by atoms with Crippen molar-refractivity contribution in [1.29, 1.82) is 0 Å².